The van der Waals surface area contributed by atoms with Crippen LogP contribution in [0.3, 0.4) is 0 Å². The molecule has 2 aliphatic carbocycles. The first-order chi connectivity index (χ1) is 13.0. The van der Waals surface area contributed by atoms with Crippen molar-refractivity contribution in [2.45, 2.75) is 38.0 Å². The molecule has 144 valence electrons. The third kappa shape index (κ3) is 3.73. The Hall–Kier alpha value is -1.92. The molecule has 4 atom stereocenters. The van der Waals surface area contributed by atoms with Crippen LogP contribution in [0.25, 0.3) is 11.3 Å². The molecule has 2 saturated carbocycles. The first-order valence-corrected chi connectivity index (χ1v) is 9.43. The zero-order valence-electron chi connectivity index (χ0n) is 14.9. The number of aliphatic hydroxyl groups is 1. The summed E-state index contributed by atoms with van der Waals surface area (Å²) >= 11 is 0. The molecule has 4 rings (SSSR count). The minimum atomic E-state index is -4.33. The van der Waals surface area contributed by atoms with Crippen molar-refractivity contribution in [2.24, 2.45) is 17.8 Å². The molecular formula is C21H23F3N2O. The summed E-state index contributed by atoms with van der Waals surface area (Å²) in [6, 6.07) is 11.0. The van der Waals surface area contributed by atoms with E-state index in [2.05, 4.69) is 10.3 Å². The van der Waals surface area contributed by atoms with Gasteiger partial charge in [-0.1, -0.05) is 18.2 Å². The Bertz CT molecular complexity index is 791. The van der Waals surface area contributed by atoms with Gasteiger partial charge in [-0.25, -0.2) is 0 Å². The maximum absolute atomic E-state index is 12.7. The van der Waals surface area contributed by atoms with Crippen LogP contribution in [-0.2, 0) is 12.7 Å². The maximum Gasteiger partial charge on any atom is 0.416 e. The van der Waals surface area contributed by atoms with Crippen molar-refractivity contribution >= 4 is 0 Å². The number of hydrogen-bond donors (Lipinski definition) is 2. The van der Waals surface area contributed by atoms with Crippen LogP contribution in [0.4, 0.5) is 13.2 Å². The minimum Gasteiger partial charge on any atom is -0.396 e. The molecule has 6 heteroatoms. The van der Waals surface area contributed by atoms with E-state index >= 15 is 0 Å². The summed E-state index contributed by atoms with van der Waals surface area (Å²) in [5, 5.41) is 13.3. The van der Waals surface area contributed by atoms with Crippen molar-refractivity contribution in [1.82, 2.24) is 10.3 Å². The molecule has 0 unspecified atom stereocenters. The van der Waals surface area contributed by atoms with E-state index in [1.54, 1.807) is 6.07 Å². The van der Waals surface area contributed by atoms with Crippen LogP contribution in [0.1, 0.15) is 30.5 Å². The maximum atomic E-state index is 12.7. The molecule has 0 amide bonds. The summed E-state index contributed by atoms with van der Waals surface area (Å²) in [6.07, 6.45) is -0.697. The topological polar surface area (TPSA) is 45.1 Å². The molecule has 0 radical (unpaired) electrons. The Labute approximate surface area is 156 Å². The molecule has 0 saturated heterocycles. The summed E-state index contributed by atoms with van der Waals surface area (Å²) in [4.78, 5) is 4.60. The first kappa shape index (κ1) is 18.4. The summed E-state index contributed by atoms with van der Waals surface area (Å²) in [6.45, 7) is 0.816. The zero-order chi connectivity index (χ0) is 19.0. The molecule has 1 aromatic carbocycles. The Morgan fingerprint density at radius 1 is 1.04 bits per heavy atom. The second-order valence-electron chi connectivity index (χ2n) is 7.68. The second kappa shape index (κ2) is 7.24. The molecule has 3 nitrogen and oxygen atoms in total. The molecule has 2 bridgehead atoms. The number of hydrogen-bond acceptors (Lipinski definition) is 3. The van der Waals surface area contributed by atoms with Crippen LogP contribution >= 0.6 is 0 Å². The van der Waals surface area contributed by atoms with E-state index in [-0.39, 0.29) is 6.61 Å². The van der Waals surface area contributed by atoms with Crippen LogP contribution in [-0.4, -0.2) is 22.7 Å². The van der Waals surface area contributed by atoms with Gasteiger partial charge in [-0.05, 0) is 55.4 Å². The number of alkyl halides is 3. The van der Waals surface area contributed by atoms with Crippen molar-refractivity contribution in [3.8, 4) is 11.3 Å². The van der Waals surface area contributed by atoms with Gasteiger partial charge in [-0.3, -0.25) is 4.98 Å². The van der Waals surface area contributed by atoms with Gasteiger partial charge in [0.2, 0.25) is 0 Å². The Kier molecular flexibility index (Phi) is 4.95. The van der Waals surface area contributed by atoms with Gasteiger partial charge in [-0.2, -0.15) is 13.2 Å². The second-order valence-corrected chi connectivity index (χ2v) is 7.68. The SMILES string of the molecule is OC[C@@H]1[C@@H]2CC[C@@H](C2)[C@@H]1NCc1cccc(-c2ccc(C(F)(F)F)cc2)n1. The monoisotopic (exact) mass is 376 g/mol. The average molecular weight is 376 g/mol. The smallest absolute Gasteiger partial charge is 0.396 e. The zero-order valence-corrected chi connectivity index (χ0v) is 14.9. The molecule has 1 heterocycles. The Balaban J connectivity index is 1.45. The number of halogens is 3. The highest BCUT2D eigenvalue weighted by Gasteiger charge is 2.46. The van der Waals surface area contributed by atoms with Gasteiger partial charge in [0.25, 0.3) is 0 Å². The van der Waals surface area contributed by atoms with E-state index in [0.29, 0.717) is 41.6 Å². The van der Waals surface area contributed by atoms with Crippen LogP contribution in [0, 0.1) is 17.8 Å². The number of nitrogens with one attached hydrogen (secondary N) is 1. The predicted molar refractivity (Wildman–Crippen MR) is 96.7 cm³/mol. The first-order valence-electron chi connectivity index (χ1n) is 9.43. The summed E-state index contributed by atoms with van der Waals surface area (Å²) in [5.74, 6) is 1.58. The Morgan fingerprint density at radius 3 is 2.48 bits per heavy atom. The number of aliphatic hydroxyl groups excluding tert-OH is 1. The fraction of sp³-hybridized carbons (Fsp3) is 0.476. The molecule has 2 aliphatic rings. The van der Waals surface area contributed by atoms with Crippen molar-refractivity contribution in [2.75, 3.05) is 6.61 Å². The lowest BCUT2D eigenvalue weighted by Gasteiger charge is -2.30. The van der Waals surface area contributed by atoms with Crippen LogP contribution in [0.15, 0.2) is 42.5 Å². The van der Waals surface area contributed by atoms with Gasteiger partial charge in [0.15, 0.2) is 0 Å². The summed E-state index contributed by atoms with van der Waals surface area (Å²) in [5.41, 5.74) is 1.52. The molecule has 1 aromatic heterocycles. The van der Waals surface area contributed by atoms with Gasteiger partial charge < -0.3 is 10.4 Å². The molecule has 2 fully saturated rings. The van der Waals surface area contributed by atoms with Gasteiger partial charge in [0, 0.05) is 30.7 Å². The molecule has 0 aliphatic heterocycles. The standard InChI is InChI=1S/C21H23F3N2O/c22-21(23,24)16-8-6-13(7-9-16)19-3-1-2-17(26-19)11-25-20-15-5-4-14(10-15)18(20)12-27/h1-3,6-9,14-15,18,20,25,27H,4-5,10-12H2/t14-,15+,18-,20+/m1/s1. The molecule has 2 N–H and O–H groups in total. The van der Waals surface area contributed by atoms with Crippen LogP contribution in [0.2, 0.25) is 0 Å². The average Bonchev–Trinajstić information content (AvgIpc) is 3.27. The number of fused-ring (bicyclic) bond motifs is 2. The number of benzene rings is 1. The fourth-order valence-electron chi connectivity index (χ4n) is 4.78. The van der Waals surface area contributed by atoms with E-state index in [4.69, 9.17) is 0 Å². The number of pyridine rings is 1. The lowest BCUT2D eigenvalue weighted by Crippen LogP contribution is -2.42. The molecule has 27 heavy (non-hydrogen) atoms. The summed E-state index contributed by atoms with van der Waals surface area (Å²) < 4.78 is 38.2. The molecule has 2 aromatic rings. The number of aromatic nitrogens is 1. The van der Waals surface area contributed by atoms with Gasteiger partial charge in [-0.15, -0.1) is 0 Å². The van der Waals surface area contributed by atoms with E-state index in [0.717, 1.165) is 17.8 Å². The number of nitrogens with zero attached hydrogens (tertiary/aromatic N) is 1. The number of rotatable bonds is 5. The van der Waals surface area contributed by atoms with Crippen LogP contribution < -0.4 is 5.32 Å². The van der Waals surface area contributed by atoms with Crippen molar-refractivity contribution in [3.63, 3.8) is 0 Å². The van der Waals surface area contributed by atoms with E-state index < -0.39 is 11.7 Å². The van der Waals surface area contributed by atoms with Crippen LogP contribution in [0.5, 0.6) is 0 Å². The normalized spacial score (nSPS) is 27.3. The van der Waals surface area contributed by atoms with Crippen molar-refractivity contribution < 1.29 is 18.3 Å². The quantitative estimate of drug-likeness (QED) is 0.819. The lowest BCUT2D eigenvalue weighted by molar-refractivity contribution is -0.137. The molecular weight excluding hydrogens is 353 g/mol. The third-order valence-electron chi connectivity index (χ3n) is 6.13. The van der Waals surface area contributed by atoms with Gasteiger partial charge >= 0.3 is 6.18 Å². The Morgan fingerprint density at radius 2 is 1.78 bits per heavy atom. The van der Waals surface area contributed by atoms with Gasteiger partial charge in [0.05, 0.1) is 17.0 Å². The van der Waals surface area contributed by atoms with Gasteiger partial charge in [0.1, 0.15) is 0 Å². The highest BCUT2D eigenvalue weighted by Crippen LogP contribution is 2.48. The highest BCUT2D eigenvalue weighted by atomic mass is 19.4. The highest BCUT2D eigenvalue weighted by molar-refractivity contribution is 5.59. The van der Waals surface area contributed by atoms with Crippen molar-refractivity contribution in [3.05, 3.63) is 53.7 Å². The fourth-order valence-corrected chi connectivity index (χ4v) is 4.78. The largest absolute Gasteiger partial charge is 0.416 e. The van der Waals surface area contributed by atoms with E-state index in [1.807, 2.05) is 12.1 Å². The molecule has 0 spiro atoms. The van der Waals surface area contributed by atoms with E-state index in [9.17, 15) is 18.3 Å². The lowest BCUT2D eigenvalue weighted by atomic mass is 9.85. The predicted octanol–water partition coefficient (Wildman–Crippen LogP) is 4.26. The van der Waals surface area contributed by atoms with E-state index in [1.165, 1.54) is 31.4 Å². The third-order valence-corrected chi connectivity index (χ3v) is 6.13. The minimum absolute atomic E-state index is 0.220. The van der Waals surface area contributed by atoms with Crippen molar-refractivity contribution in [1.29, 1.82) is 0 Å². The summed E-state index contributed by atoms with van der Waals surface area (Å²) in [7, 11) is 0.